The molecule has 0 aliphatic heterocycles. The van der Waals surface area contributed by atoms with E-state index in [0.29, 0.717) is 0 Å². The Kier molecular flexibility index (Phi) is 3.42. The number of rotatable bonds is 2. The third kappa shape index (κ3) is 2.38. The normalized spacial score (nSPS) is 11.1. The first-order chi connectivity index (χ1) is 11.6. The van der Waals surface area contributed by atoms with Crippen molar-refractivity contribution in [3.05, 3.63) is 66.9 Å². The fourth-order valence-electron chi connectivity index (χ4n) is 3.16. The predicted octanol–water partition coefficient (Wildman–Crippen LogP) is 3.95. The van der Waals surface area contributed by atoms with Gasteiger partial charge in [0.2, 0.25) is 11.2 Å². The number of aromatic nitrogens is 2. The van der Waals surface area contributed by atoms with Crippen LogP contribution in [0.2, 0.25) is 0 Å². The van der Waals surface area contributed by atoms with E-state index in [1.165, 1.54) is 22.3 Å². The molecule has 0 amide bonds. The third-order valence-corrected chi connectivity index (χ3v) is 4.56. The molecule has 4 aromatic rings. The minimum atomic E-state index is 1.02. The van der Waals surface area contributed by atoms with Gasteiger partial charge >= 0.3 is 0 Å². The number of para-hydroxylation sites is 1. The zero-order valence-electron chi connectivity index (χ0n) is 14.2. The van der Waals surface area contributed by atoms with E-state index in [9.17, 15) is 0 Å². The van der Waals surface area contributed by atoms with Crippen LogP contribution in [0.4, 0.5) is 5.69 Å². The quantitative estimate of drug-likeness (QED) is 0.522. The molecule has 0 unspecified atom stereocenters. The molecule has 0 saturated carbocycles. The Labute approximate surface area is 141 Å². The maximum absolute atomic E-state index is 4.68. The summed E-state index contributed by atoms with van der Waals surface area (Å²) in [6.07, 6.45) is 1.96. The lowest BCUT2D eigenvalue weighted by Crippen LogP contribution is -2.31. The summed E-state index contributed by atoms with van der Waals surface area (Å²) in [4.78, 5) is 6.78. The summed E-state index contributed by atoms with van der Waals surface area (Å²) >= 11 is 0. The summed E-state index contributed by atoms with van der Waals surface area (Å²) < 4.78 is 2.23. The molecule has 24 heavy (non-hydrogen) atoms. The highest BCUT2D eigenvalue weighted by atomic mass is 15.1. The summed E-state index contributed by atoms with van der Waals surface area (Å²) in [5.41, 5.74) is 5.71. The molecule has 118 valence electrons. The Bertz CT molecular complexity index is 1050. The topological polar surface area (TPSA) is 20.0 Å². The monoisotopic (exact) mass is 314 g/mol. The van der Waals surface area contributed by atoms with Crippen molar-refractivity contribution in [1.82, 2.24) is 4.98 Å². The second-order valence-corrected chi connectivity index (χ2v) is 6.33. The maximum Gasteiger partial charge on any atom is 0.214 e. The molecule has 0 aliphatic carbocycles. The standard InChI is InChI=1S/C21H20N3/c1-23(2)18-10-8-16-12-17(14-22-19(16)13-18)21-11-9-15-6-4-5-7-20(15)24(21)3/h4-14H,1-3H3/q+1. The Hall–Kier alpha value is -2.94. The van der Waals surface area contributed by atoms with E-state index in [4.69, 9.17) is 0 Å². The molecular formula is C21H20N3+. The van der Waals surface area contributed by atoms with E-state index in [0.717, 1.165) is 16.5 Å². The highest BCUT2D eigenvalue weighted by Crippen LogP contribution is 2.24. The zero-order valence-corrected chi connectivity index (χ0v) is 14.2. The second-order valence-electron chi connectivity index (χ2n) is 6.33. The van der Waals surface area contributed by atoms with Gasteiger partial charge in [-0.25, -0.2) is 0 Å². The fourth-order valence-corrected chi connectivity index (χ4v) is 3.16. The van der Waals surface area contributed by atoms with E-state index in [1.54, 1.807) is 0 Å². The van der Waals surface area contributed by atoms with Crippen molar-refractivity contribution in [3.63, 3.8) is 0 Å². The van der Waals surface area contributed by atoms with Gasteiger partial charge in [0.25, 0.3) is 0 Å². The molecule has 2 aromatic carbocycles. The molecule has 4 rings (SSSR count). The number of hydrogen-bond donors (Lipinski definition) is 0. The molecule has 2 heterocycles. The van der Waals surface area contributed by atoms with Gasteiger partial charge < -0.3 is 4.90 Å². The van der Waals surface area contributed by atoms with Crippen molar-refractivity contribution >= 4 is 27.5 Å². The Morgan fingerprint density at radius 3 is 2.50 bits per heavy atom. The lowest BCUT2D eigenvalue weighted by atomic mass is 10.1. The molecular weight excluding hydrogens is 294 g/mol. The van der Waals surface area contributed by atoms with Crippen LogP contribution in [0, 0.1) is 0 Å². The highest BCUT2D eigenvalue weighted by Gasteiger charge is 2.14. The Morgan fingerprint density at radius 2 is 1.67 bits per heavy atom. The van der Waals surface area contributed by atoms with E-state index >= 15 is 0 Å². The van der Waals surface area contributed by atoms with Gasteiger partial charge in [0.05, 0.1) is 11.1 Å². The van der Waals surface area contributed by atoms with Crippen molar-refractivity contribution < 1.29 is 4.57 Å². The summed E-state index contributed by atoms with van der Waals surface area (Å²) in [5, 5.41) is 2.40. The van der Waals surface area contributed by atoms with Crippen LogP contribution >= 0.6 is 0 Å². The maximum atomic E-state index is 4.68. The predicted molar refractivity (Wildman–Crippen MR) is 100 cm³/mol. The molecule has 0 bridgehead atoms. The molecule has 0 saturated heterocycles. The van der Waals surface area contributed by atoms with E-state index in [1.807, 2.05) is 20.3 Å². The van der Waals surface area contributed by atoms with Crippen LogP contribution in [-0.2, 0) is 7.05 Å². The lowest BCUT2D eigenvalue weighted by Gasteiger charge is -2.12. The number of nitrogens with zero attached hydrogens (tertiary/aromatic N) is 3. The lowest BCUT2D eigenvalue weighted by molar-refractivity contribution is -0.633. The van der Waals surface area contributed by atoms with Gasteiger partial charge in [0.1, 0.15) is 7.05 Å². The number of aryl methyl sites for hydroxylation is 1. The van der Waals surface area contributed by atoms with E-state index in [2.05, 4.69) is 82.2 Å². The number of benzene rings is 2. The summed E-state index contributed by atoms with van der Waals surface area (Å²) in [6.45, 7) is 0. The van der Waals surface area contributed by atoms with Gasteiger partial charge in [0, 0.05) is 48.9 Å². The number of pyridine rings is 2. The summed E-state index contributed by atoms with van der Waals surface area (Å²) in [7, 11) is 6.20. The van der Waals surface area contributed by atoms with Crippen molar-refractivity contribution in [3.8, 4) is 11.3 Å². The molecule has 3 nitrogen and oxygen atoms in total. The third-order valence-electron chi connectivity index (χ3n) is 4.56. The molecule has 0 aliphatic rings. The average molecular weight is 314 g/mol. The van der Waals surface area contributed by atoms with Gasteiger partial charge in [-0.15, -0.1) is 0 Å². The van der Waals surface area contributed by atoms with Crippen molar-refractivity contribution in [1.29, 1.82) is 0 Å². The van der Waals surface area contributed by atoms with Crippen LogP contribution in [0.15, 0.2) is 66.9 Å². The largest absolute Gasteiger partial charge is 0.378 e. The minimum absolute atomic E-state index is 1.02. The van der Waals surface area contributed by atoms with Gasteiger partial charge in [0.15, 0.2) is 0 Å². The zero-order chi connectivity index (χ0) is 16.7. The smallest absolute Gasteiger partial charge is 0.214 e. The van der Waals surface area contributed by atoms with Gasteiger partial charge in [-0.05, 0) is 30.3 Å². The molecule has 0 fully saturated rings. The van der Waals surface area contributed by atoms with Crippen LogP contribution in [0.3, 0.4) is 0 Å². The highest BCUT2D eigenvalue weighted by molar-refractivity contribution is 5.86. The molecule has 0 radical (unpaired) electrons. The Balaban J connectivity index is 1.87. The number of anilines is 1. The van der Waals surface area contributed by atoms with E-state index in [-0.39, 0.29) is 0 Å². The van der Waals surface area contributed by atoms with Crippen molar-refractivity contribution in [2.75, 3.05) is 19.0 Å². The average Bonchev–Trinajstić information content (AvgIpc) is 2.61. The van der Waals surface area contributed by atoms with Crippen LogP contribution in [0.5, 0.6) is 0 Å². The van der Waals surface area contributed by atoms with Crippen LogP contribution < -0.4 is 9.47 Å². The minimum Gasteiger partial charge on any atom is -0.378 e. The first-order valence-electron chi connectivity index (χ1n) is 8.09. The van der Waals surface area contributed by atoms with Crippen LogP contribution in [0.1, 0.15) is 0 Å². The first kappa shape index (κ1) is 14.6. The van der Waals surface area contributed by atoms with Gasteiger partial charge in [-0.2, -0.15) is 4.57 Å². The first-order valence-corrected chi connectivity index (χ1v) is 8.09. The van der Waals surface area contributed by atoms with Gasteiger partial charge in [-0.3, -0.25) is 4.98 Å². The molecule has 0 spiro atoms. The van der Waals surface area contributed by atoms with Crippen LogP contribution in [0.25, 0.3) is 33.1 Å². The summed E-state index contributed by atoms with van der Waals surface area (Å²) in [6, 6.07) is 21.4. The second kappa shape index (κ2) is 5.60. The van der Waals surface area contributed by atoms with Crippen LogP contribution in [-0.4, -0.2) is 19.1 Å². The van der Waals surface area contributed by atoms with Crippen molar-refractivity contribution in [2.45, 2.75) is 0 Å². The molecule has 0 atom stereocenters. The Morgan fingerprint density at radius 1 is 0.875 bits per heavy atom. The van der Waals surface area contributed by atoms with Crippen molar-refractivity contribution in [2.24, 2.45) is 7.05 Å². The SMILES string of the molecule is CN(C)c1ccc2cc(-c3ccc4ccccc4[n+]3C)cnc2c1. The number of hydrogen-bond acceptors (Lipinski definition) is 2. The van der Waals surface area contributed by atoms with Gasteiger partial charge in [-0.1, -0.05) is 18.2 Å². The summed E-state index contributed by atoms with van der Waals surface area (Å²) in [5.74, 6) is 0. The molecule has 0 N–H and O–H groups in total. The van der Waals surface area contributed by atoms with E-state index < -0.39 is 0 Å². The molecule has 2 aromatic heterocycles. The molecule has 3 heteroatoms. The number of fused-ring (bicyclic) bond motifs is 2. The fraction of sp³-hybridized carbons (Fsp3) is 0.143.